The molecule has 1 aliphatic carbocycles. The second-order valence-electron chi connectivity index (χ2n) is 5.40. The molecule has 2 N–H and O–H groups in total. The van der Waals surface area contributed by atoms with Gasteiger partial charge in [-0.3, -0.25) is 0 Å². The molecule has 1 aliphatic heterocycles. The van der Waals surface area contributed by atoms with Gasteiger partial charge in [0.2, 0.25) is 0 Å². The predicted molar refractivity (Wildman–Crippen MR) is 62.9 cm³/mol. The van der Waals surface area contributed by atoms with Crippen LogP contribution in [-0.2, 0) is 0 Å². The highest BCUT2D eigenvalue weighted by atomic mass is 16.3. The number of hydrogen-bond acceptors (Lipinski definition) is 2. The van der Waals surface area contributed by atoms with Gasteiger partial charge in [0.15, 0.2) is 0 Å². The van der Waals surface area contributed by atoms with Gasteiger partial charge in [-0.25, -0.2) is 0 Å². The van der Waals surface area contributed by atoms with E-state index in [4.69, 9.17) is 0 Å². The Hall–Kier alpha value is -0.0800. The van der Waals surface area contributed by atoms with Crippen molar-refractivity contribution >= 4 is 0 Å². The molecule has 88 valence electrons. The monoisotopic (exact) mass is 211 g/mol. The third-order valence-electron chi connectivity index (χ3n) is 4.31. The lowest BCUT2D eigenvalue weighted by molar-refractivity contribution is -0.0350. The fourth-order valence-electron chi connectivity index (χ4n) is 3.30. The van der Waals surface area contributed by atoms with Crippen molar-refractivity contribution in [2.75, 3.05) is 13.1 Å². The molecule has 0 aromatic heterocycles. The maximum Gasteiger partial charge on any atom is 0.0688 e. The molecular weight excluding hydrogens is 186 g/mol. The van der Waals surface area contributed by atoms with Crippen molar-refractivity contribution in [3.63, 3.8) is 0 Å². The van der Waals surface area contributed by atoms with Crippen LogP contribution in [0.25, 0.3) is 0 Å². The zero-order chi connectivity index (χ0) is 10.6. The van der Waals surface area contributed by atoms with Gasteiger partial charge in [0.1, 0.15) is 0 Å². The SMILES string of the molecule is OC1(C2CCCCCC2)CCCNCC1. The highest BCUT2D eigenvalue weighted by Crippen LogP contribution is 2.37. The maximum absolute atomic E-state index is 10.8. The molecule has 1 heterocycles. The second-order valence-corrected chi connectivity index (χ2v) is 5.40. The number of rotatable bonds is 1. The van der Waals surface area contributed by atoms with Crippen LogP contribution in [0.1, 0.15) is 57.8 Å². The second kappa shape index (κ2) is 5.31. The summed E-state index contributed by atoms with van der Waals surface area (Å²) in [5, 5.41) is 14.2. The Labute approximate surface area is 93.5 Å². The smallest absolute Gasteiger partial charge is 0.0688 e. The molecule has 1 atom stereocenters. The van der Waals surface area contributed by atoms with Crippen molar-refractivity contribution in [1.29, 1.82) is 0 Å². The van der Waals surface area contributed by atoms with Crippen LogP contribution in [0.15, 0.2) is 0 Å². The summed E-state index contributed by atoms with van der Waals surface area (Å²) in [6.45, 7) is 2.10. The standard InChI is InChI=1S/C13H25NO/c15-13(8-5-10-14-11-9-13)12-6-3-1-2-4-7-12/h12,14-15H,1-11H2. The Morgan fingerprint density at radius 2 is 1.60 bits per heavy atom. The molecule has 2 fully saturated rings. The Bertz CT molecular complexity index is 177. The van der Waals surface area contributed by atoms with E-state index in [1.165, 1.54) is 38.5 Å². The largest absolute Gasteiger partial charge is 0.390 e. The molecule has 0 spiro atoms. The molecule has 0 bridgehead atoms. The Kier molecular flexibility index (Phi) is 4.04. The fourth-order valence-corrected chi connectivity index (χ4v) is 3.30. The first-order valence-corrected chi connectivity index (χ1v) is 6.74. The topological polar surface area (TPSA) is 32.3 Å². The van der Waals surface area contributed by atoms with E-state index in [0.717, 1.165) is 32.4 Å². The van der Waals surface area contributed by atoms with Crippen LogP contribution in [-0.4, -0.2) is 23.8 Å². The van der Waals surface area contributed by atoms with E-state index in [0.29, 0.717) is 5.92 Å². The fraction of sp³-hybridized carbons (Fsp3) is 1.00. The number of hydrogen-bond donors (Lipinski definition) is 2. The summed E-state index contributed by atoms with van der Waals surface area (Å²) < 4.78 is 0. The summed E-state index contributed by atoms with van der Waals surface area (Å²) >= 11 is 0. The van der Waals surface area contributed by atoms with Gasteiger partial charge in [-0.15, -0.1) is 0 Å². The van der Waals surface area contributed by atoms with Crippen molar-refractivity contribution in [3.05, 3.63) is 0 Å². The zero-order valence-corrected chi connectivity index (χ0v) is 9.80. The van der Waals surface area contributed by atoms with Gasteiger partial charge in [0.25, 0.3) is 0 Å². The van der Waals surface area contributed by atoms with Gasteiger partial charge >= 0.3 is 0 Å². The summed E-state index contributed by atoms with van der Waals surface area (Å²) in [5.41, 5.74) is -0.339. The van der Waals surface area contributed by atoms with E-state index in [1.807, 2.05) is 0 Å². The summed E-state index contributed by atoms with van der Waals surface area (Å²) in [6.07, 6.45) is 11.1. The molecule has 2 nitrogen and oxygen atoms in total. The van der Waals surface area contributed by atoms with Crippen LogP contribution >= 0.6 is 0 Å². The van der Waals surface area contributed by atoms with Crippen molar-refractivity contribution in [3.8, 4) is 0 Å². The van der Waals surface area contributed by atoms with Crippen molar-refractivity contribution < 1.29 is 5.11 Å². The summed E-state index contributed by atoms with van der Waals surface area (Å²) in [4.78, 5) is 0. The number of aliphatic hydroxyl groups is 1. The van der Waals surface area contributed by atoms with E-state index >= 15 is 0 Å². The first-order valence-electron chi connectivity index (χ1n) is 6.74. The van der Waals surface area contributed by atoms with Crippen LogP contribution in [0.3, 0.4) is 0 Å². The minimum absolute atomic E-state index is 0.339. The van der Waals surface area contributed by atoms with Crippen LogP contribution in [0.4, 0.5) is 0 Å². The van der Waals surface area contributed by atoms with Gasteiger partial charge in [-0.1, -0.05) is 25.7 Å². The molecule has 0 aromatic carbocycles. The van der Waals surface area contributed by atoms with E-state index in [2.05, 4.69) is 5.32 Å². The van der Waals surface area contributed by atoms with Gasteiger partial charge in [0.05, 0.1) is 5.60 Å². The molecule has 0 aromatic rings. The Morgan fingerprint density at radius 1 is 0.867 bits per heavy atom. The Morgan fingerprint density at radius 3 is 2.33 bits per heavy atom. The maximum atomic E-state index is 10.8. The first-order chi connectivity index (χ1) is 7.31. The minimum Gasteiger partial charge on any atom is -0.390 e. The van der Waals surface area contributed by atoms with Gasteiger partial charge in [0, 0.05) is 0 Å². The Balaban J connectivity index is 1.97. The van der Waals surface area contributed by atoms with Crippen molar-refractivity contribution in [2.24, 2.45) is 5.92 Å². The van der Waals surface area contributed by atoms with E-state index in [1.54, 1.807) is 0 Å². The lowest BCUT2D eigenvalue weighted by Gasteiger charge is -2.35. The van der Waals surface area contributed by atoms with E-state index in [-0.39, 0.29) is 5.60 Å². The third kappa shape index (κ3) is 2.94. The van der Waals surface area contributed by atoms with Gasteiger partial charge in [-0.05, 0) is 51.1 Å². The molecule has 1 unspecified atom stereocenters. The van der Waals surface area contributed by atoms with Gasteiger partial charge in [-0.2, -0.15) is 0 Å². The highest BCUT2D eigenvalue weighted by molar-refractivity contribution is 4.89. The summed E-state index contributed by atoms with van der Waals surface area (Å²) in [6, 6.07) is 0. The molecular formula is C13H25NO. The predicted octanol–water partition coefficient (Wildman–Crippen LogP) is 2.46. The average molecular weight is 211 g/mol. The van der Waals surface area contributed by atoms with E-state index < -0.39 is 0 Å². The molecule has 0 radical (unpaired) electrons. The average Bonchev–Trinajstić information content (AvgIpc) is 2.60. The molecule has 2 aliphatic rings. The van der Waals surface area contributed by atoms with Crippen molar-refractivity contribution in [1.82, 2.24) is 5.32 Å². The lowest BCUT2D eigenvalue weighted by Crippen LogP contribution is -2.38. The van der Waals surface area contributed by atoms with Gasteiger partial charge < -0.3 is 10.4 Å². The minimum atomic E-state index is -0.339. The third-order valence-corrected chi connectivity index (χ3v) is 4.31. The molecule has 15 heavy (non-hydrogen) atoms. The summed E-state index contributed by atoms with van der Waals surface area (Å²) in [7, 11) is 0. The lowest BCUT2D eigenvalue weighted by atomic mass is 9.77. The highest BCUT2D eigenvalue weighted by Gasteiger charge is 2.36. The molecule has 2 rings (SSSR count). The van der Waals surface area contributed by atoms with Crippen LogP contribution in [0, 0.1) is 5.92 Å². The summed E-state index contributed by atoms with van der Waals surface area (Å²) in [5.74, 6) is 0.583. The van der Waals surface area contributed by atoms with Crippen LogP contribution in [0.5, 0.6) is 0 Å². The van der Waals surface area contributed by atoms with Crippen LogP contribution < -0.4 is 5.32 Å². The molecule has 1 saturated carbocycles. The van der Waals surface area contributed by atoms with Crippen molar-refractivity contribution in [2.45, 2.75) is 63.4 Å². The molecule has 2 heteroatoms. The number of nitrogens with one attached hydrogen (secondary N) is 1. The zero-order valence-electron chi connectivity index (χ0n) is 9.80. The van der Waals surface area contributed by atoms with Crippen LogP contribution in [0.2, 0.25) is 0 Å². The molecule has 1 saturated heterocycles. The quantitative estimate of drug-likeness (QED) is 0.653. The van der Waals surface area contributed by atoms with E-state index in [9.17, 15) is 5.11 Å². The molecule has 0 amide bonds. The first kappa shape index (κ1) is 11.4. The normalized spacial score (nSPS) is 35.8.